The van der Waals surface area contributed by atoms with Crippen molar-refractivity contribution in [1.82, 2.24) is 5.32 Å². The van der Waals surface area contributed by atoms with E-state index in [0.717, 1.165) is 35.1 Å². The summed E-state index contributed by atoms with van der Waals surface area (Å²) in [5, 5.41) is 11.7. The van der Waals surface area contributed by atoms with Crippen LogP contribution in [0.15, 0.2) is 42.0 Å². The van der Waals surface area contributed by atoms with Crippen LogP contribution in [0.5, 0.6) is 0 Å². The number of benzene rings is 1. The molecule has 0 aliphatic heterocycles. The van der Waals surface area contributed by atoms with E-state index in [2.05, 4.69) is 12.2 Å². The highest BCUT2D eigenvalue weighted by Crippen LogP contribution is 2.40. The minimum atomic E-state index is -4.15. The quantitative estimate of drug-likeness (QED) is 0.285. The number of hydrogen-bond acceptors (Lipinski definition) is 2. The Morgan fingerprint density at radius 1 is 1.32 bits per heavy atom. The van der Waals surface area contributed by atoms with Crippen LogP contribution in [0.3, 0.4) is 0 Å². The van der Waals surface area contributed by atoms with E-state index in [1.165, 1.54) is 0 Å². The molecule has 1 aliphatic rings. The third-order valence-electron chi connectivity index (χ3n) is 5.54. The van der Waals surface area contributed by atoms with Gasteiger partial charge >= 0.3 is 6.18 Å². The number of allylic oxidation sites excluding steroid dienone is 3. The number of halogens is 3. The molecule has 2 rings (SSSR count). The summed E-state index contributed by atoms with van der Waals surface area (Å²) in [7, 11) is 0. The number of alkyl halides is 3. The third kappa shape index (κ3) is 7.39. The van der Waals surface area contributed by atoms with Gasteiger partial charge in [0.2, 0.25) is 0 Å². The number of hydrogen-bond donors (Lipinski definition) is 2. The lowest BCUT2D eigenvalue weighted by Gasteiger charge is -2.25. The SMILES string of the molecule is CCC/C=C/C(=C\c1cccc(C2=CCC(C(F)(F)F)CC2)c1C)C(=O)NCCCO. The lowest BCUT2D eigenvalue weighted by Crippen LogP contribution is -2.26. The fourth-order valence-corrected chi connectivity index (χ4v) is 3.65. The summed E-state index contributed by atoms with van der Waals surface area (Å²) in [4.78, 5) is 12.6. The Labute approximate surface area is 182 Å². The zero-order valence-corrected chi connectivity index (χ0v) is 18.3. The Kier molecular flexibility index (Phi) is 9.56. The van der Waals surface area contributed by atoms with E-state index in [0.29, 0.717) is 25.0 Å². The van der Waals surface area contributed by atoms with Crippen LogP contribution >= 0.6 is 0 Å². The molecule has 1 atom stereocenters. The number of aliphatic hydroxyl groups excluding tert-OH is 1. The number of carbonyl (C=O) groups is 1. The van der Waals surface area contributed by atoms with Crippen LogP contribution in [-0.2, 0) is 4.79 Å². The van der Waals surface area contributed by atoms with Gasteiger partial charge in [0.25, 0.3) is 5.91 Å². The summed E-state index contributed by atoms with van der Waals surface area (Å²) in [6.07, 6.45) is 5.96. The minimum Gasteiger partial charge on any atom is -0.396 e. The van der Waals surface area contributed by atoms with Gasteiger partial charge in [-0.05, 0) is 67.4 Å². The molecular formula is C25H32F3NO2. The highest BCUT2D eigenvalue weighted by Gasteiger charge is 2.39. The first kappa shape index (κ1) is 24.9. The summed E-state index contributed by atoms with van der Waals surface area (Å²) in [5.41, 5.74) is 4.20. The van der Waals surface area contributed by atoms with Gasteiger partial charge in [-0.3, -0.25) is 4.79 Å². The third-order valence-corrected chi connectivity index (χ3v) is 5.54. The molecule has 0 spiro atoms. The van der Waals surface area contributed by atoms with Crippen molar-refractivity contribution in [2.45, 2.75) is 58.5 Å². The fourth-order valence-electron chi connectivity index (χ4n) is 3.65. The Balaban J connectivity index is 2.30. The van der Waals surface area contributed by atoms with Crippen LogP contribution in [-0.4, -0.2) is 30.3 Å². The molecular weight excluding hydrogens is 403 g/mol. The van der Waals surface area contributed by atoms with Gasteiger partial charge < -0.3 is 10.4 Å². The maximum absolute atomic E-state index is 13.0. The number of unbranched alkanes of at least 4 members (excludes halogenated alkanes) is 1. The monoisotopic (exact) mass is 435 g/mol. The van der Waals surface area contributed by atoms with E-state index in [1.54, 1.807) is 12.2 Å². The van der Waals surface area contributed by atoms with Gasteiger partial charge in [0, 0.05) is 18.7 Å². The van der Waals surface area contributed by atoms with Crippen molar-refractivity contribution in [3.8, 4) is 0 Å². The average molecular weight is 436 g/mol. The Bertz CT molecular complexity index is 838. The van der Waals surface area contributed by atoms with Crippen molar-refractivity contribution in [2.24, 2.45) is 5.92 Å². The van der Waals surface area contributed by atoms with Crippen molar-refractivity contribution in [2.75, 3.05) is 13.2 Å². The molecule has 1 aromatic carbocycles. The van der Waals surface area contributed by atoms with E-state index >= 15 is 0 Å². The predicted octanol–water partition coefficient (Wildman–Crippen LogP) is 5.98. The van der Waals surface area contributed by atoms with Gasteiger partial charge in [-0.15, -0.1) is 0 Å². The number of aliphatic hydroxyl groups is 1. The zero-order valence-electron chi connectivity index (χ0n) is 18.3. The zero-order chi connectivity index (χ0) is 22.9. The second-order valence-electron chi connectivity index (χ2n) is 7.89. The average Bonchev–Trinajstić information content (AvgIpc) is 2.74. The van der Waals surface area contributed by atoms with E-state index in [-0.39, 0.29) is 25.4 Å². The molecule has 1 aromatic rings. The van der Waals surface area contributed by atoms with Crippen LogP contribution in [0.2, 0.25) is 0 Å². The Hall–Kier alpha value is -2.34. The van der Waals surface area contributed by atoms with Crippen molar-refractivity contribution < 1.29 is 23.1 Å². The summed E-state index contributed by atoms with van der Waals surface area (Å²) in [6.45, 7) is 4.40. The molecule has 0 radical (unpaired) electrons. The summed E-state index contributed by atoms with van der Waals surface area (Å²) in [5.74, 6) is -1.48. The first-order valence-corrected chi connectivity index (χ1v) is 10.9. The van der Waals surface area contributed by atoms with Gasteiger partial charge in [0.05, 0.1) is 5.92 Å². The second-order valence-corrected chi connectivity index (χ2v) is 7.89. The normalized spacial score (nSPS) is 17.7. The van der Waals surface area contributed by atoms with Crippen LogP contribution in [0.4, 0.5) is 13.2 Å². The molecule has 31 heavy (non-hydrogen) atoms. The first-order valence-electron chi connectivity index (χ1n) is 10.9. The second kappa shape index (κ2) is 11.9. The molecule has 2 N–H and O–H groups in total. The molecule has 0 fully saturated rings. The van der Waals surface area contributed by atoms with Crippen molar-refractivity contribution in [3.05, 3.63) is 58.7 Å². The van der Waals surface area contributed by atoms with Gasteiger partial charge in [-0.25, -0.2) is 0 Å². The van der Waals surface area contributed by atoms with Gasteiger partial charge in [-0.2, -0.15) is 13.2 Å². The van der Waals surface area contributed by atoms with E-state index < -0.39 is 12.1 Å². The predicted molar refractivity (Wildman–Crippen MR) is 119 cm³/mol. The van der Waals surface area contributed by atoms with E-state index in [1.807, 2.05) is 37.3 Å². The molecule has 170 valence electrons. The smallest absolute Gasteiger partial charge is 0.392 e. The van der Waals surface area contributed by atoms with Gasteiger partial charge in [-0.1, -0.05) is 49.8 Å². The molecule has 1 unspecified atom stereocenters. The van der Waals surface area contributed by atoms with Crippen molar-refractivity contribution in [3.63, 3.8) is 0 Å². The molecule has 0 bridgehead atoms. The molecule has 0 aromatic heterocycles. The topological polar surface area (TPSA) is 49.3 Å². The molecule has 0 heterocycles. The standard InChI is InChI=1S/C25H32F3NO2/c1-3-4-5-8-21(24(31)29-15-7-16-30)17-20-9-6-10-23(18(20)2)19-11-13-22(14-12-19)25(26,27)28/h5-6,8-11,17,22,30H,3-4,7,12-16H2,1-2H3,(H,29,31)/b8-5+,21-17+. The first-order chi connectivity index (χ1) is 14.8. The highest BCUT2D eigenvalue weighted by atomic mass is 19.4. The molecule has 1 aliphatic carbocycles. The Morgan fingerprint density at radius 3 is 2.71 bits per heavy atom. The molecule has 1 amide bonds. The maximum Gasteiger partial charge on any atom is 0.392 e. The van der Waals surface area contributed by atoms with Crippen LogP contribution in [0.25, 0.3) is 11.6 Å². The molecule has 0 saturated carbocycles. The van der Waals surface area contributed by atoms with Crippen molar-refractivity contribution >= 4 is 17.6 Å². The minimum absolute atomic E-state index is 0.0104. The molecule has 6 heteroatoms. The fraction of sp³-hybridized carbons (Fsp3) is 0.480. The van der Waals surface area contributed by atoms with Crippen LogP contribution in [0, 0.1) is 12.8 Å². The van der Waals surface area contributed by atoms with Gasteiger partial charge in [0.15, 0.2) is 0 Å². The van der Waals surface area contributed by atoms with Crippen molar-refractivity contribution in [1.29, 1.82) is 0 Å². The number of rotatable bonds is 9. The molecule has 3 nitrogen and oxygen atoms in total. The largest absolute Gasteiger partial charge is 0.396 e. The highest BCUT2D eigenvalue weighted by molar-refractivity contribution is 6.00. The maximum atomic E-state index is 13.0. The summed E-state index contributed by atoms with van der Waals surface area (Å²) in [6, 6.07) is 5.72. The van der Waals surface area contributed by atoms with E-state index in [4.69, 9.17) is 5.11 Å². The van der Waals surface area contributed by atoms with E-state index in [9.17, 15) is 18.0 Å². The number of carbonyl (C=O) groups excluding carboxylic acids is 1. The lowest BCUT2D eigenvalue weighted by atomic mass is 9.84. The van der Waals surface area contributed by atoms with Crippen LogP contribution < -0.4 is 5.32 Å². The van der Waals surface area contributed by atoms with Gasteiger partial charge in [0.1, 0.15) is 0 Å². The molecule has 0 saturated heterocycles. The number of nitrogens with one attached hydrogen (secondary N) is 1. The summed E-state index contributed by atoms with van der Waals surface area (Å²) >= 11 is 0. The van der Waals surface area contributed by atoms with Crippen LogP contribution in [0.1, 0.15) is 62.1 Å². The lowest BCUT2D eigenvalue weighted by molar-refractivity contribution is -0.175. The number of amides is 1. The Morgan fingerprint density at radius 2 is 2.10 bits per heavy atom. The summed E-state index contributed by atoms with van der Waals surface area (Å²) < 4.78 is 38.9.